The zero-order valence-corrected chi connectivity index (χ0v) is 95.9. The number of hydrogen-bond acceptors (Lipinski definition) is 18. The van der Waals surface area contributed by atoms with E-state index in [0.29, 0.717) is 81.3 Å². The van der Waals surface area contributed by atoms with Gasteiger partial charge in [-0.3, -0.25) is 52.4 Å². The molecule has 1 aliphatic carbocycles. The molecule has 8 aromatic heterocycles. The van der Waals surface area contributed by atoms with Crippen LogP contribution in [0.1, 0.15) is 329 Å². The Balaban J connectivity index is 0.000000190. The van der Waals surface area contributed by atoms with Crippen LogP contribution in [-0.4, -0.2) is 149 Å². The number of rotatable bonds is 26. The lowest BCUT2D eigenvalue weighted by Crippen LogP contribution is -2.44. The second-order valence-electron chi connectivity index (χ2n) is 47.3. The van der Waals surface area contributed by atoms with Gasteiger partial charge in [0.2, 0.25) is 0 Å². The predicted octanol–water partition coefficient (Wildman–Crippen LogP) is 24.2. The first kappa shape index (κ1) is 120. The van der Waals surface area contributed by atoms with Gasteiger partial charge in [0.15, 0.2) is 0 Å². The molecule has 29 heteroatoms. The first-order chi connectivity index (χ1) is 69.1. The maximum atomic E-state index is 13.4. The third-order valence-corrected chi connectivity index (χ3v) is 26.8. The average Bonchev–Trinajstić information content (AvgIpc) is 1.60. The molecule has 5 aromatic carbocycles. The molecule has 149 heavy (non-hydrogen) atoms. The first-order valence-corrected chi connectivity index (χ1v) is 52.9. The fourth-order valence-electron chi connectivity index (χ4n) is 15.9. The van der Waals surface area contributed by atoms with Crippen molar-refractivity contribution in [1.29, 1.82) is 0 Å². The van der Waals surface area contributed by atoms with Gasteiger partial charge in [0.1, 0.15) is 57.9 Å². The highest BCUT2D eigenvalue weighted by Gasteiger charge is 2.40. The summed E-state index contributed by atoms with van der Waals surface area (Å²) in [6, 6.07) is 52.8. The van der Waals surface area contributed by atoms with Crippen molar-refractivity contribution in [2.24, 2.45) is 13.0 Å². The van der Waals surface area contributed by atoms with Crippen LogP contribution in [0.25, 0.3) is 28.4 Å². The van der Waals surface area contributed by atoms with E-state index in [1.807, 2.05) is 104 Å². The normalized spacial score (nSPS) is 13.6. The van der Waals surface area contributed by atoms with E-state index in [0.717, 1.165) is 138 Å². The SMILES string of the molecule is CC(=O)Cc1cc(C(C)(C)C)nn1-c1ccc(Cl)cc1.CC(=O)Cc1cc(C(C)(C)C)nn1-c1ccc(F)cc1.CC(=O)Cc1cc(C(C)(C)C)nn1-c1cccc(F)c1.CC(=O)Cc1cc(C(C)(C)C)nn1C.CC(=O)Cc1cc(C(C)(C)C)nn1C(C)C.CC(=O)Cc1cc(C(C)(C)C)nn1CC1CC1.CC(=O)Cc1cc(C2(C)COC2)nn1-c1ccc(C)cc1.CC(=O)Cc1cc(C2(C)CSC2)nn1-c1ccc(C)cc1. The third kappa shape index (κ3) is 35.6. The fraction of sp³-hybridized carbons (Fsp3) is 0.483. The lowest BCUT2D eigenvalue weighted by atomic mass is 9.85. The highest BCUT2D eigenvalue weighted by Crippen LogP contribution is 2.41. The number of thioether (sulfide) groups is 1. The Morgan fingerprint density at radius 1 is 0.356 bits per heavy atom. The first-order valence-electron chi connectivity index (χ1n) is 51.3. The van der Waals surface area contributed by atoms with Crippen molar-refractivity contribution in [1.82, 2.24) is 78.2 Å². The number of nitrogens with zero attached hydrogens (tertiary/aromatic N) is 16. The molecule has 3 aliphatic rings. The van der Waals surface area contributed by atoms with Crippen LogP contribution in [0.3, 0.4) is 0 Å². The number of benzene rings is 5. The molecule has 3 fully saturated rings. The van der Waals surface area contributed by atoms with E-state index < -0.39 is 0 Å². The Labute approximate surface area is 890 Å². The molecule has 800 valence electrons. The fourth-order valence-corrected chi connectivity index (χ4v) is 17.2. The van der Waals surface area contributed by atoms with Crippen molar-refractivity contribution < 1.29 is 51.9 Å². The largest absolute Gasteiger partial charge is 0.379 e. The molecular weight excluding hydrogens is 1910 g/mol. The van der Waals surface area contributed by atoms with Gasteiger partial charge in [-0.2, -0.15) is 52.6 Å². The monoisotopic (exact) mass is 2070 g/mol. The van der Waals surface area contributed by atoms with Crippen LogP contribution < -0.4 is 0 Å². The minimum Gasteiger partial charge on any atom is -0.379 e. The van der Waals surface area contributed by atoms with Crippen LogP contribution in [0.4, 0.5) is 8.78 Å². The summed E-state index contributed by atoms with van der Waals surface area (Å²) in [5.41, 5.74) is 22.4. The zero-order valence-electron chi connectivity index (χ0n) is 94.3. The van der Waals surface area contributed by atoms with Crippen LogP contribution in [-0.2, 0) is 151 Å². The second kappa shape index (κ2) is 50.5. The van der Waals surface area contributed by atoms with Crippen LogP contribution in [0.15, 0.2) is 170 Å². The number of halogens is 3. The molecule has 1 saturated carbocycles. The van der Waals surface area contributed by atoms with Gasteiger partial charge in [-0.15, -0.1) is 0 Å². The van der Waals surface area contributed by atoms with Gasteiger partial charge in [-0.25, -0.2) is 32.2 Å². The highest BCUT2D eigenvalue weighted by atomic mass is 35.5. The number of ether oxygens (including phenoxy) is 1. The summed E-state index contributed by atoms with van der Waals surface area (Å²) in [6.45, 7) is 65.8. The molecule has 0 atom stereocenters. The number of hydrogen-bond donors (Lipinski definition) is 0. The maximum absolute atomic E-state index is 13.4. The Hall–Kier alpha value is -12.4. The predicted molar refractivity (Wildman–Crippen MR) is 593 cm³/mol. The van der Waals surface area contributed by atoms with E-state index in [9.17, 15) is 47.1 Å². The van der Waals surface area contributed by atoms with E-state index >= 15 is 0 Å². The topological polar surface area (TPSA) is 288 Å². The number of aryl methyl sites for hydroxylation is 3. The minimum atomic E-state index is -0.316. The van der Waals surface area contributed by atoms with Gasteiger partial charge in [-0.1, -0.05) is 185 Å². The number of ketones is 8. The third-order valence-electron chi connectivity index (χ3n) is 24.9. The van der Waals surface area contributed by atoms with Crippen LogP contribution >= 0.6 is 23.4 Å². The molecule has 0 bridgehead atoms. The standard InChI is InChI=1S/C17H20N2O2.C17H20N2OS.C16H19ClN2O.2C16H19FN2O.C14H22N2O.C13H22N2O.C11H18N2O/c2*1-12-4-6-14(7-5-12)19-15(8-13(2)20)9-16(18-19)17(3)10-21-11-17;2*1-11(20)9-14-10-15(16(2,3)4)18-19(14)13-7-5-12(17)6-8-13;1-11(20)8-14-10-15(16(2,3)4)18-19(14)13-7-5-6-12(17)9-13;1-10(17)7-12-8-13(14(2,3)4)15-16(12)9-11-5-6-11;1-9(2)15-11(7-10(3)16)8-12(14-15)13(4,5)6;1-8(14)6-9-7-10(11(2,3)4)12-13(9)5/h2*4-7,9H,8,10-11H2,1-3H3;2*5-8,10H,9H2,1-4H3;5-7,9-10H,8H2,1-4H3;8,11H,5-7,9H2,1-4H3;8-9H,7H2,1-6H3;7H,6H2,1-5H3. The van der Waals surface area contributed by atoms with Crippen molar-refractivity contribution in [3.8, 4) is 28.4 Å². The molecule has 10 heterocycles. The quantitative estimate of drug-likeness (QED) is 0.0486. The Morgan fingerprint density at radius 2 is 0.651 bits per heavy atom. The van der Waals surface area contributed by atoms with Gasteiger partial charge < -0.3 is 4.74 Å². The van der Waals surface area contributed by atoms with Gasteiger partial charge in [0.05, 0.1) is 121 Å². The Morgan fingerprint density at radius 3 is 0.980 bits per heavy atom. The van der Waals surface area contributed by atoms with E-state index in [-0.39, 0.29) is 101 Å². The summed E-state index contributed by atoms with van der Waals surface area (Å²) in [6.07, 6.45) is 5.90. The number of aromatic nitrogens is 16. The summed E-state index contributed by atoms with van der Waals surface area (Å²) < 4.78 is 46.6. The van der Waals surface area contributed by atoms with E-state index in [1.165, 1.54) is 48.2 Å². The van der Waals surface area contributed by atoms with Crippen molar-refractivity contribution in [3.63, 3.8) is 0 Å². The lowest BCUT2D eigenvalue weighted by Gasteiger charge is -2.36. The van der Waals surface area contributed by atoms with Gasteiger partial charge in [0, 0.05) is 143 Å². The molecule has 2 saturated heterocycles. The lowest BCUT2D eigenvalue weighted by molar-refractivity contribution is -0.117. The van der Waals surface area contributed by atoms with Crippen LogP contribution in [0.2, 0.25) is 5.02 Å². The average molecular weight is 2080 g/mol. The molecule has 0 N–H and O–H groups in total. The zero-order chi connectivity index (χ0) is 111. The molecule has 25 nitrogen and oxygen atoms in total. The summed E-state index contributed by atoms with van der Waals surface area (Å²) in [4.78, 5) is 90.8. The van der Waals surface area contributed by atoms with E-state index in [1.54, 1.807) is 93.7 Å². The summed E-state index contributed by atoms with van der Waals surface area (Å²) in [5.74, 6) is 3.54. The van der Waals surface area contributed by atoms with Gasteiger partial charge in [0.25, 0.3) is 0 Å². The Kier molecular flexibility index (Phi) is 40.7. The molecule has 0 spiro atoms. The minimum absolute atomic E-state index is 0.0263. The molecule has 0 radical (unpaired) electrons. The molecule has 13 aromatic rings. The van der Waals surface area contributed by atoms with Crippen LogP contribution in [0, 0.1) is 31.4 Å². The van der Waals surface area contributed by atoms with Crippen LogP contribution in [0.5, 0.6) is 0 Å². The smallest absolute Gasteiger partial charge is 0.135 e. The number of carbonyl (C=O) groups excluding carboxylic acids is 8. The molecular formula is C120H159ClF2N16O9S. The summed E-state index contributed by atoms with van der Waals surface area (Å²) in [7, 11) is 1.88. The van der Waals surface area contributed by atoms with Gasteiger partial charge in [-0.05, 0) is 248 Å². The highest BCUT2D eigenvalue weighted by molar-refractivity contribution is 8.00. The molecule has 0 unspecified atom stereocenters. The number of Topliss-reactive ketones (excluding diaryl/α,β-unsaturated/α-hetero) is 8. The van der Waals surface area contributed by atoms with Crippen molar-refractivity contribution in [2.75, 3.05) is 24.7 Å². The van der Waals surface area contributed by atoms with Crippen molar-refractivity contribution in [3.05, 3.63) is 289 Å². The van der Waals surface area contributed by atoms with Gasteiger partial charge >= 0.3 is 0 Å². The maximum Gasteiger partial charge on any atom is 0.135 e. The molecule has 0 amide bonds. The number of carbonyl (C=O) groups is 8. The van der Waals surface area contributed by atoms with Crippen molar-refractivity contribution >= 4 is 69.6 Å². The molecule has 2 aliphatic heterocycles. The summed E-state index contributed by atoms with van der Waals surface area (Å²) in [5, 5.41) is 37.7. The van der Waals surface area contributed by atoms with E-state index in [4.69, 9.17) is 26.5 Å². The summed E-state index contributed by atoms with van der Waals surface area (Å²) >= 11 is 7.87. The second-order valence-corrected chi connectivity index (χ2v) is 48.7. The van der Waals surface area contributed by atoms with Crippen molar-refractivity contribution in [2.45, 2.75) is 342 Å². The van der Waals surface area contributed by atoms with E-state index in [2.05, 4.69) is 256 Å². The Bertz CT molecular complexity index is 6550. The molecule has 16 rings (SSSR count).